The summed E-state index contributed by atoms with van der Waals surface area (Å²) in [5, 5.41) is 4.32. The van der Waals surface area contributed by atoms with Gasteiger partial charge in [-0.1, -0.05) is 41.4 Å². The van der Waals surface area contributed by atoms with Crippen molar-refractivity contribution in [3.05, 3.63) is 75.4 Å². The number of nitrogens with one attached hydrogen (secondary N) is 1. The van der Waals surface area contributed by atoms with E-state index in [2.05, 4.69) is 10.3 Å². The largest absolute Gasteiger partial charge is 0.342 e. The number of carbonyl (C=O) groups excluding carboxylic acids is 2. The van der Waals surface area contributed by atoms with E-state index in [-0.39, 0.29) is 11.8 Å². The Morgan fingerprint density at radius 3 is 2.53 bits per heavy atom. The summed E-state index contributed by atoms with van der Waals surface area (Å²) >= 11 is 12.3. The number of benzene rings is 2. The predicted octanol–water partition coefficient (Wildman–Crippen LogP) is 4.80. The van der Waals surface area contributed by atoms with Crippen LogP contribution in [0.5, 0.6) is 0 Å². The Morgan fingerprint density at radius 2 is 1.79 bits per heavy atom. The van der Waals surface area contributed by atoms with Gasteiger partial charge in [-0.25, -0.2) is 0 Å². The molecule has 0 unspecified atom stereocenters. The molecule has 2 aliphatic heterocycles. The van der Waals surface area contributed by atoms with Gasteiger partial charge in [-0.05, 0) is 68.2 Å². The molecule has 34 heavy (non-hydrogen) atoms. The van der Waals surface area contributed by atoms with Crippen molar-refractivity contribution in [2.24, 2.45) is 4.99 Å². The zero-order chi connectivity index (χ0) is 24.5. The van der Waals surface area contributed by atoms with Gasteiger partial charge in [-0.2, -0.15) is 0 Å². The van der Waals surface area contributed by atoms with Gasteiger partial charge >= 0.3 is 0 Å². The van der Waals surface area contributed by atoms with E-state index in [1.54, 1.807) is 21.9 Å². The number of hydrogen-bond donors (Lipinski definition) is 1. The van der Waals surface area contributed by atoms with E-state index in [0.29, 0.717) is 54.0 Å². The van der Waals surface area contributed by atoms with E-state index in [4.69, 9.17) is 23.2 Å². The molecule has 0 bridgehead atoms. The molecule has 1 N–H and O–H groups in total. The van der Waals surface area contributed by atoms with E-state index in [1.165, 1.54) is 0 Å². The van der Waals surface area contributed by atoms with Gasteiger partial charge in [-0.15, -0.1) is 0 Å². The first kappa shape index (κ1) is 24.3. The molecule has 0 spiro atoms. The summed E-state index contributed by atoms with van der Waals surface area (Å²) in [6.45, 7) is 7.62. The Morgan fingerprint density at radius 1 is 1.03 bits per heavy atom. The SMILES string of the molecule is Cc1ccc(Cl)cc1C(=O)N1CCN(C(=O)C2=NCCC(c3cccc(Cl)c3)=CN2)C(C)(C)C1. The molecule has 0 aliphatic carbocycles. The lowest BCUT2D eigenvalue weighted by molar-refractivity contribution is -0.132. The number of nitrogens with zero attached hydrogens (tertiary/aromatic N) is 3. The maximum absolute atomic E-state index is 13.4. The Balaban J connectivity index is 1.47. The minimum Gasteiger partial charge on any atom is -0.342 e. The smallest absolute Gasteiger partial charge is 0.289 e. The number of hydrogen-bond acceptors (Lipinski definition) is 4. The third-order valence-corrected chi connectivity index (χ3v) is 6.77. The molecule has 2 aliphatic rings. The first-order chi connectivity index (χ1) is 16.2. The van der Waals surface area contributed by atoms with Crippen LogP contribution in [-0.4, -0.2) is 59.2 Å². The molecule has 2 aromatic carbocycles. The van der Waals surface area contributed by atoms with Crippen LogP contribution < -0.4 is 5.32 Å². The Kier molecular flexibility index (Phi) is 7.01. The van der Waals surface area contributed by atoms with Gasteiger partial charge in [0.1, 0.15) is 0 Å². The van der Waals surface area contributed by atoms with Gasteiger partial charge in [-0.3, -0.25) is 14.6 Å². The van der Waals surface area contributed by atoms with Gasteiger partial charge in [0.25, 0.3) is 11.8 Å². The molecule has 1 fully saturated rings. The minimum absolute atomic E-state index is 0.0702. The molecule has 0 saturated carbocycles. The van der Waals surface area contributed by atoms with Crippen molar-refractivity contribution in [3.8, 4) is 0 Å². The molecule has 178 valence electrons. The zero-order valence-corrected chi connectivity index (χ0v) is 21.1. The maximum atomic E-state index is 13.4. The quantitative estimate of drug-likeness (QED) is 0.660. The van der Waals surface area contributed by atoms with Crippen LogP contribution in [-0.2, 0) is 4.79 Å². The van der Waals surface area contributed by atoms with Crippen molar-refractivity contribution in [2.45, 2.75) is 32.7 Å². The van der Waals surface area contributed by atoms with Crippen LogP contribution in [0.25, 0.3) is 5.57 Å². The summed E-state index contributed by atoms with van der Waals surface area (Å²) in [6, 6.07) is 13.0. The predicted molar refractivity (Wildman–Crippen MR) is 137 cm³/mol. The van der Waals surface area contributed by atoms with E-state index in [9.17, 15) is 9.59 Å². The van der Waals surface area contributed by atoms with Gasteiger partial charge in [0.15, 0.2) is 5.84 Å². The van der Waals surface area contributed by atoms with E-state index in [0.717, 1.165) is 16.7 Å². The third-order valence-electron chi connectivity index (χ3n) is 6.30. The number of aryl methyl sites for hydroxylation is 1. The third kappa shape index (κ3) is 5.13. The first-order valence-electron chi connectivity index (χ1n) is 11.3. The molecule has 2 heterocycles. The van der Waals surface area contributed by atoms with Crippen molar-refractivity contribution < 1.29 is 9.59 Å². The number of carbonyl (C=O) groups is 2. The van der Waals surface area contributed by atoms with Gasteiger partial charge in [0, 0.05) is 48.0 Å². The van der Waals surface area contributed by atoms with Gasteiger partial charge < -0.3 is 15.1 Å². The molecule has 0 radical (unpaired) electrons. The fourth-order valence-corrected chi connectivity index (χ4v) is 4.80. The Labute approximate surface area is 210 Å². The average Bonchev–Trinajstić information content (AvgIpc) is 3.05. The minimum atomic E-state index is -0.562. The van der Waals surface area contributed by atoms with Gasteiger partial charge in [0.2, 0.25) is 0 Å². The monoisotopic (exact) mass is 498 g/mol. The standard InChI is InChI=1S/C26H28Cl2N4O2/c1-17-7-8-21(28)14-22(17)24(33)31-11-12-32(26(2,3)16-31)25(34)23-29-10-9-19(15-30-23)18-5-4-6-20(27)13-18/h4-8,13-15H,9-12,16H2,1-3H3,(H,29,30). The molecule has 1 saturated heterocycles. The topological polar surface area (TPSA) is 65.0 Å². The summed E-state index contributed by atoms with van der Waals surface area (Å²) in [7, 11) is 0. The lowest BCUT2D eigenvalue weighted by Gasteiger charge is -2.47. The van der Waals surface area contributed by atoms with Crippen LogP contribution in [0.1, 0.15) is 41.8 Å². The highest BCUT2D eigenvalue weighted by atomic mass is 35.5. The normalized spacial score (nSPS) is 17.9. The average molecular weight is 499 g/mol. The highest BCUT2D eigenvalue weighted by molar-refractivity contribution is 6.38. The molecule has 2 aromatic rings. The van der Waals surface area contributed by atoms with Crippen molar-refractivity contribution in [1.82, 2.24) is 15.1 Å². The van der Waals surface area contributed by atoms with Crippen LogP contribution in [0.15, 0.2) is 53.7 Å². The second-order valence-corrected chi connectivity index (χ2v) is 10.1. The summed E-state index contributed by atoms with van der Waals surface area (Å²) < 4.78 is 0. The Bertz CT molecular complexity index is 1190. The van der Waals surface area contributed by atoms with Crippen molar-refractivity contribution in [3.63, 3.8) is 0 Å². The fraction of sp³-hybridized carbons (Fsp3) is 0.346. The molecule has 0 aromatic heterocycles. The summed E-state index contributed by atoms with van der Waals surface area (Å²) in [6.07, 6.45) is 2.54. The van der Waals surface area contributed by atoms with Crippen molar-refractivity contribution in [1.29, 1.82) is 0 Å². The van der Waals surface area contributed by atoms with Crippen molar-refractivity contribution >= 4 is 46.4 Å². The zero-order valence-electron chi connectivity index (χ0n) is 19.6. The number of halogens is 2. The molecular weight excluding hydrogens is 471 g/mol. The van der Waals surface area contributed by atoms with Crippen LogP contribution in [0.3, 0.4) is 0 Å². The lowest BCUT2D eigenvalue weighted by Crippen LogP contribution is -2.64. The number of rotatable bonds is 3. The first-order valence-corrected chi connectivity index (χ1v) is 12.0. The van der Waals surface area contributed by atoms with Crippen LogP contribution >= 0.6 is 23.2 Å². The van der Waals surface area contributed by atoms with E-state index < -0.39 is 5.54 Å². The second kappa shape index (κ2) is 9.80. The van der Waals surface area contributed by atoms with Crippen LogP contribution in [0.4, 0.5) is 0 Å². The number of amidine groups is 1. The number of aliphatic imine (C=N–C) groups is 1. The second-order valence-electron chi connectivity index (χ2n) is 9.26. The summed E-state index contributed by atoms with van der Waals surface area (Å²) in [5.74, 6) is 0.0781. The number of piperazine rings is 1. The molecule has 4 rings (SSSR count). The highest BCUT2D eigenvalue weighted by Gasteiger charge is 2.40. The van der Waals surface area contributed by atoms with E-state index >= 15 is 0 Å². The lowest BCUT2D eigenvalue weighted by atomic mass is 9.97. The van der Waals surface area contributed by atoms with Crippen LogP contribution in [0.2, 0.25) is 10.0 Å². The summed E-state index contributed by atoms with van der Waals surface area (Å²) in [5.41, 5.74) is 2.96. The molecule has 8 heteroatoms. The van der Waals surface area contributed by atoms with Crippen LogP contribution in [0, 0.1) is 6.92 Å². The molecule has 2 amide bonds. The molecule has 6 nitrogen and oxygen atoms in total. The maximum Gasteiger partial charge on any atom is 0.289 e. The Hall–Kier alpha value is -2.83. The molecule has 0 atom stereocenters. The van der Waals surface area contributed by atoms with E-state index in [1.807, 2.05) is 57.3 Å². The number of amides is 2. The van der Waals surface area contributed by atoms with Crippen molar-refractivity contribution in [2.75, 3.05) is 26.2 Å². The highest BCUT2D eigenvalue weighted by Crippen LogP contribution is 2.26. The fourth-order valence-electron chi connectivity index (χ4n) is 4.43. The summed E-state index contributed by atoms with van der Waals surface area (Å²) in [4.78, 5) is 34.7. The van der Waals surface area contributed by atoms with Gasteiger partial charge in [0.05, 0.1) is 5.54 Å². The molecular formula is C26H28Cl2N4O2.